The van der Waals surface area contributed by atoms with Gasteiger partial charge in [0.05, 0.1) is 6.61 Å². The zero-order chi connectivity index (χ0) is 19.4. The van der Waals surface area contributed by atoms with Crippen LogP contribution < -0.4 is 10.6 Å². The summed E-state index contributed by atoms with van der Waals surface area (Å²) >= 11 is 0. The van der Waals surface area contributed by atoms with Crippen molar-refractivity contribution in [1.29, 1.82) is 0 Å². The van der Waals surface area contributed by atoms with Gasteiger partial charge >= 0.3 is 5.97 Å². The highest BCUT2D eigenvalue weighted by molar-refractivity contribution is 5.98. The molecule has 140 valence electrons. The fraction of sp³-hybridized carbons (Fsp3) is 0.250. The maximum atomic E-state index is 12.6. The van der Waals surface area contributed by atoms with Crippen LogP contribution >= 0.6 is 0 Å². The van der Waals surface area contributed by atoms with Gasteiger partial charge in [-0.05, 0) is 48.7 Å². The number of fused-ring (bicyclic) bond motifs is 1. The lowest BCUT2D eigenvalue weighted by molar-refractivity contribution is -0.138. The minimum atomic E-state index is -1.11. The van der Waals surface area contributed by atoms with Gasteiger partial charge in [0.15, 0.2) is 6.10 Å². The fourth-order valence-electron chi connectivity index (χ4n) is 2.87. The normalized spacial score (nSPS) is 16.7. The van der Waals surface area contributed by atoms with Crippen molar-refractivity contribution in [3.05, 3.63) is 65.2 Å². The van der Waals surface area contributed by atoms with Crippen LogP contribution in [0.3, 0.4) is 0 Å². The Hall–Kier alpha value is -3.19. The fourth-order valence-corrected chi connectivity index (χ4v) is 2.87. The molecular weight excluding hydrogens is 348 g/mol. The first-order valence-corrected chi connectivity index (χ1v) is 8.59. The van der Waals surface area contributed by atoms with Gasteiger partial charge in [0.25, 0.3) is 11.8 Å². The summed E-state index contributed by atoms with van der Waals surface area (Å²) in [6.07, 6.45) is 0.104. The molecule has 0 spiro atoms. The summed E-state index contributed by atoms with van der Waals surface area (Å²) in [5.41, 5.74) is 2.79. The predicted molar refractivity (Wildman–Crippen MR) is 98.5 cm³/mol. The van der Waals surface area contributed by atoms with E-state index in [1.165, 1.54) is 19.1 Å². The van der Waals surface area contributed by atoms with Gasteiger partial charge in [0.2, 0.25) is 0 Å². The molecule has 1 aliphatic rings. The first-order chi connectivity index (χ1) is 13.0. The summed E-state index contributed by atoms with van der Waals surface area (Å²) in [6.45, 7) is 1.87. The van der Waals surface area contributed by atoms with Crippen LogP contribution in [0.1, 0.15) is 34.5 Å². The summed E-state index contributed by atoms with van der Waals surface area (Å²) in [7, 11) is 0. The van der Waals surface area contributed by atoms with Gasteiger partial charge in [-0.25, -0.2) is 0 Å². The Morgan fingerprint density at radius 2 is 1.81 bits per heavy atom. The molecule has 7 nitrogen and oxygen atoms in total. The Morgan fingerprint density at radius 3 is 2.52 bits per heavy atom. The van der Waals surface area contributed by atoms with Gasteiger partial charge in [0, 0.05) is 11.3 Å². The second kappa shape index (κ2) is 8.01. The third-order valence-electron chi connectivity index (χ3n) is 4.36. The van der Waals surface area contributed by atoms with Crippen molar-refractivity contribution in [3.63, 3.8) is 0 Å². The van der Waals surface area contributed by atoms with Crippen LogP contribution in [0, 0.1) is 0 Å². The molecule has 1 heterocycles. The van der Waals surface area contributed by atoms with Crippen LogP contribution in [0.5, 0.6) is 0 Å². The van der Waals surface area contributed by atoms with Crippen LogP contribution in [-0.2, 0) is 20.7 Å². The Labute approximate surface area is 156 Å². The van der Waals surface area contributed by atoms with Crippen LogP contribution in [0.2, 0.25) is 0 Å². The molecular formula is C20H20N2O5. The van der Waals surface area contributed by atoms with Gasteiger partial charge in [-0.1, -0.05) is 24.3 Å². The number of carbonyl (C=O) groups excluding carboxylic acids is 2. The molecule has 0 saturated heterocycles. The lowest BCUT2D eigenvalue weighted by Crippen LogP contribution is -2.38. The van der Waals surface area contributed by atoms with E-state index in [1.807, 2.05) is 24.3 Å². The average Bonchev–Trinajstić information content (AvgIpc) is 2.67. The van der Waals surface area contributed by atoms with E-state index in [0.29, 0.717) is 17.9 Å². The van der Waals surface area contributed by atoms with Gasteiger partial charge in [0.1, 0.15) is 6.04 Å². The molecule has 0 bridgehead atoms. The minimum absolute atomic E-state index is 0.279. The second-order valence-electron chi connectivity index (χ2n) is 6.30. The predicted octanol–water partition coefficient (Wildman–Crippen LogP) is 2.14. The number of benzene rings is 2. The molecule has 0 fully saturated rings. The van der Waals surface area contributed by atoms with Gasteiger partial charge in [-0.3, -0.25) is 14.4 Å². The molecule has 2 unspecified atom stereocenters. The average molecular weight is 368 g/mol. The molecule has 0 aliphatic carbocycles. The highest BCUT2D eigenvalue weighted by Crippen LogP contribution is 2.28. The number of aliphatic carboxylic acids is 1. The highest BCUT2D eigenvalue weighted by atomic mass is 16.5. The molecule has 1 aliphatic heterocycles. The molecule has 7 heteroatoms. The van der Waals surface area contributed by atoms with Crippen molar-refractivity contribution in [1.82, 2.24) is 5.32 Å². The number of carboxylic acids is 1. The second-order valence-corrected chi connectivity index (χ2v) is 6.30. The molecule has 0 radical (unpaired) electrons. The summed E-state index contributed by atoms with van der Waals surface area (Å²) < 4.78 is 5.63. The maximum Gasteiger partial charge on any atom is 0.325 e. The van der Waals surface area contributed by atoms with Crippen LogP contribution in [0.25, 0.3) is 0 Å². The van der Waals surface area contributed by atoms with Crippen LogP contribution in [-0.4, -0.2) is 35.5 Å². The minimum Gasteiger partial charge on any atom is -0.480 e. The van der Waals surface area contributed by atoms with Crippen molar-refractivity contribution in [2.45, 2.75) is 25.5 Å². The molecule has 3 rings (SSSR count). The highest BCUT2D eigenvalue weighted by Gasteiger charge is 2.27. The quantitative estimate of drug-likeness (QED) is 0.750. The van der Waals surface area contributed by atoms with Crippen molar-refractivity contribution in [3.8, 4) is 0 Å². The number of carboxylic acid groups (broad SMARTS) is 1. The molecule has 3 N–H and O–H groups in total. The van der Waals surface area contributed by atoms with E-state index in [-0.39, 0.29) is 5.91 Å². The van der Waals surface area contributed by atoms with E-state index in [2.05, 4.69) is 10.6 Å². The van der Waals surface area contributed by atoms with E-state index in [0.717, 1.165) is 17.5 Å². The molecule has 0 saturated carbocycles. The lowest BCUT2D eigenvalue weighted by atomic mass is 9.97. The topological polar surface area (TPSA) is 105 Å². The summed E-state index contributed by atoms with van der Waals surface area (Å²) in [6, 6.07) is 12.9. The zero-order valence-electron chi connectivity index (χ0n) is 14.8. The Balaban J connectivity index is 1.66. The van der Waals surface area contributed by atoms with Gasteiger partial charge < -0.3 is 20.5 Å². The number of ether oxygens (including phenoxy) is 1. The number of nitrogens with one attached hydrogen (secondary N) is 2. The number of hydrogen-bond acceptors (Lipinski definition) is 4. The molecule has 2 aromatic rings. The van der Waals surface area contributed by atoms with Gasteiger partial charge in [-0.2, -0.15) is 0 Å². The van der Waals surface area contributed by atoms with E-state index >= 15 is 0 Å². The Bertz CT molecular complexity index is 863. The standard InChI is InChI=1S/C20H20N2O5/c1-12(20(25)26)21-18(23)14-6-8-15(9-7-14)22-19(24)17-16-5-3-2-4-13(16)10-11-27-17/h2-9,12,17H,10-11H2,1H3,(H,21,23)(H,22,24)(H,25,26). The third-order valence-corrected chi connectivity index (χ3v) is 4.36. The first kappa shape index (κ1) is 18.6. The van der Waals surface area contributed by atoms with Gasteiger partial charge in [-0.15, -0.1) is 0 Å². The number of hydrogen-bond donors (Lipinski definition) is 3. The molecule has 2 aromatic carbocycles. The van der Waals surface area contributed by atoms with Crippen molar-refractivity contribution < 1.29 is 24.2 Å². The first-order valence-electron chi connectivity index (χ1n) is 8.59. The SMILES string of the molecule is CC(NC(=O)c1ccc(NC(=O)C2OCCc3ccccc32)cc1)C(=O)O. The Kier molecular flexibility index (Phi) is 5.52. The van der Waals surface area contributed by atoms with E-state index < -0.39 is 24.0 Å². The molecule has 27 heavy (non-hydrogen) atoms. The maximum absolute atomic E-state index is 12.6. The van der Waals surface area contributed by atoms with Crippen molar-refractivity contribution in [2.75, 3.05) is 11.9 Å². The number of carbonyl (C=O) groups is 3. The summed E-state index contributed by atoms with van der Waals surface area (Å²) in [5, 5.41) is 14.0. The summed E-state index contributed by atoms with van der Waals surface area (Å²) in [5.74, 6) is -1.88. The number of amides is 2. The van der Waals surface area contributed by atoms with Crippen molar-refractivity contribution in [2.24, 2.45) is 0 Å². The Morgan fingerprint density at radius 1 is 1.11 bits per heavy atom. The monoisotopic (exact) mass is 368 g/mol. The van der Waals surface area contributed by atoms with Crippen LogP contribution in [0.4, 0.5) is 5.69 Å². The number of anilines is 1. The zero-order valence-corrected chi connectivity index (χ0v) is 14.8. The van der Waals surface area contributed by atoms with Crippen molar-refractivity contribution >= 4 is 23.5 Å². The van der Waals surface area contributed by atoms with E-state index in [9.17, 15) is 14.4 Å². The smallest absolute Gasteiger partial charge is 0.325 e. The van der Waals surface area contributed by atoms with Crippen LogP contribution in [0.15, 0.2) is 48.5 Å². The lowest BCUT2D eigenvalue weighted by Gasteiger charge is -2.25. The molecule has 2 atom stereocenters. The van der Waals surface area contributed by atoms with E-state index in [1.54, 1.807) is 12.1 Å². The third kappa shape index (κ3) is 4.32. The summed E-state index contributed by atoms with van der Waals surface area (Å²) in [4.78, 5) is 35.4. The largest absolute Gasteiger partial charge is 0.480 e. The number of rotatable bonds is 5. The molecule has 2 amide bonds. The van der Waals surface area contributed by atoms with E-state index in [4.69, 9.17) is 9.84 Å². The molecule has 0 aromatic heterocycles.